The predicted molar refractivity (Wildman–Crippen MR) is 96.0 cm³/mol. The monoisotopic (exact) mass is 382 g/mol. The van der Waals surface area contributed by atoms with E-state index in [4.69, 9.17) is 0 Å². The molecule has 1 saturated carbocycles. The summed E-state index contributed by atoms with van der Waals surface area (Å²) in [5.41, 5.74) is -0.635. The maximum Gasteiger partial charge on any atom is 0.416 e. The van der Waals surface area contributed by atoms with Gasteiger partial charge >= 0.3 is 6.18 Å². The number of benzene rings is 1. The highest BCUT2D eigenvalue weighted by atomic mass is 19.4. The Hall–Kier alpha value is -2.05. The van der Waals surface area contributed by atoms with E-state index < -0.39 is 11.7 Å². The summed E-state index contributed by atoms with van der Waals surface area (Å²) < 4.78 is 38.3. The summed E-state index contributed by atoms with van der Waals surface area (Å²) in [6.45, 7) is 1.08. The van der Waals surface area contributed by atoms with Crippen LogP contribution in [-0.2, 0) is 15.8 Å². The van der Waals surface area contributed by atoms with E-state index in [-0.39, 0.29) is 29.3 Å². The molecule has 1 N–H and O–H groups in total. The van der Waals surface area contributed by atoms with Crippen molar-refractivity contribution in [1.82, 2.24) is 4.90 Å². The molecule has 2 amide bonds. The van der Waals surface area contributed by atoms with Crippen LogP contribution in [0.1, 0.15) is 50.5 Å². The van der Waals surface area contributed by atoms with Crippen molar-refractivity contribution in [3.05, 3.63) is 29.8 Å². The maximum atomic E-state index is 12.8. The Kier molecular flexibility index (Phi) is 6.07. The van der Waals surface area contributed by atoms with Gasteiger partial charge in [0.15, 0.2) is 0 Å². The van der Waals surface area contributed by atoms with E-state index in [9.17, 15) is 22.8 Å². The van der Waals surface area contributed by atoms with E-state index >= 15 is 0 Å². The predicted octanol–water partition coefficient (Wildman–Crippen LogP) is 4.46. The first-order chi connectivity index (χ1) is 12.8. The number of carbonyl (C=O) groups excluding carboxylic acids is 2. The molecular formula is C20H25F3N2O2. The van der Waals surface area contributed by atoms with Crippen molar-refractivity contribution in [3.8, 4) is 0 Å². The van der Waals surface area contributed by atoms with Gasteiger partial charge in [0.1, 0.15) is 0 Å². The van der Waals surface area contributed by atoms with Gasteiger partial charge in [0.25, 0.3) is 0 Å². The van der Waals surface area contributed by atoms with Crippen LogP contribution in [0.25, 0.3) is 0 Å². The number of hydrogen-bond acceptors (Lipinski definition) is 2. The Labute approximate surface area is 157 Å². The van der Waals surface area contributed by atoms with Crippen molar-refractivity contribution in [2.45, 2.75) is 51.1 Å². The average Bonchev–Trinajstić information content (AvgIpc) is 2.68. The Morgan fingerprint density at radius 3 is 2.26 bits per heavy atom. The number of amides is 2. The third-order valence-electron chi connectivity index (χ3n) is 5.59. The fourth-order valence-corrected chi connectivity index (χ4v) is 3.99. The minimum absolute atomic E-state index is 0.120. The molecule has 3 rings (SSSR count). The SMILES string of the molecule is O=C(Nc1cccc(C(F)(F)F)c1)C1CCN(C(=O)C2CCCCC2)CC1. The molecule has 1 saturated heterocycles. The zero-order valence-corrected chi connectivity index (χ0v) is 15.2. The minimum Gasteiger partial charge on any atom is -0.342 e. The van der Waals surface area contributed by atoms with E-state index in [2.05, 4.69) is 5.32 Å². The highest BCUT2D eigenvalue weighted by Gasteiger charge is 2.32. The summed E-state index contributed by atoms with van der Waals surface area (Å²) in [4.78, 5) is 26.8. The number of anilines is 1. The summed E-state index contributed by atoms with van der Waals surface area (Å²) in [5, 5.41) is 2.59. The number of alkyl halides is 3. The summed E-state index contributed by atoms with van der Waals surface area (Å²) in [5.74, 6) is -0.241. The van der Waals surface area contributed by atoms with E-state index in [1.165, 1.54) is 18.6 Å². The van der Waals surface area contributed by atoms with Crippen molar-refractivity contribution in [3.63, 3.8) is 0 Å². The smallest absolute Gasteiger partial charge is 0.342 e. The number of nitrogens with zero attached hydrogens (tertiary/aromatic N) is 1. The number of halogens is 3. The molecule has 2 fully saturated rings. The fourth-order valence-electron chi connectivity index (χ4n) is 3.99. The van der Waals surface area contributed by atoms with E-state index in [1.807, 2.05) is 4.90 Å². The Balaban J connectivity index is 1.52. The maximum absolute atomic E-state index is 12.8. The van der Waals surface area contributed by atoms with Gasteiger partial charge in [-0.1, -0.05) is 25.3 Å². The molecule has 0 radical (unpaired) electrons. The molecule has 0 spiro atoms. The second kappa shape index (κ2) is 8.31. The Morgan fingerprint density at radius 1 is 0.963 bits per heavy atom. The van der Waals surface area contributed by atoms with Gasteiger partial charge in [-0.3, -0.25) is 9.59 Å². The van der Waals surface area contributed by atoms with Gasteiger partial charge in [0.05, 0.1) is 5.56 Å². The van der Waals surface area contributed by atoms with Crippen molar-refractivity contribution < 1.29 is 22.8 Å². The number of rotatable bonds is 3. The zero-order chi connectivity index (χ0) is 19.4. The molecule has 7 heteroatoms. The highest BCUT2D eigenvalue weighted by Crippen LogP contribution is 2.31. The van der Waals surface area contributed by atoms with Crippen molar-refractivity contribution >= 4 is 17.5 Å². The van der Waals surface area contributed by atoms with Gasteiger partial charge in [-0.15, -0.1) is 0 Å². The third-order valence-corrected chi connectivity index (χ3v) is 5.59. The molecule has 1 heterocycles. The van der Waals surface area contributed by atoms with Gasteiger partial charge in [-0.25, -0.2) is 0 Å². The number of likely N-dealkylation sites (tertiary alicyclic amines) is 1. The quantitative estimate of drug-likeness (QED) is 0.839. The molecule has 0 unspecified atom stereocenters. The Bertz CT molecular complexity index is 676. The van der Waals surface area contributed by atoms with Crippen molar-refractivity contribution in [1.29, 1.82) is 0 Å². The topological polar surface area (TPSA) is 49.4 Å². The molecule has 0 aromatic heterocycles. The first kappa shape index (κ1) is 19.7. The molecule has 1 aliphatic carbocycles. The molecule has 148 valence electrons. The lowest BCUT2D eigenvalue weighted by molar-refractivity contribution is -0.139. The van der Waals surface area contributed by atoms with Crippen LogP contribution in [0.15, 0.2) is 24.3 Å². The first-order valence-electron chi connectivity index (χ1n) is 9.61. The van der Waals surface area contributed by atoms with Crippen LogP contribution in [-0.4, -0.2) is 29.8 Å². The molecule has 1 aromatic carbocycles. The lowest BCUT2D eigenvalue weighted by Crippen LogP contribution is -2.44. The van der Waals surface area contributed by atoms with E-state index in [0.717, 1.165) is 37.8 Å². The van der Waals surface area contributed by atoms with Crippen LogP contribution in [0.3, 0.4) is 0 Å². The second-order valence-electron chi connectivity index (χ2n) is 7.50. The van der Waals surface area contributed by atoms with Crippen molar-refractivity contribution in [2.24, 2.45) is 11.8 Å². The molecule has 1 aromatic rings. The van der Waals surface area contributed by atoms with E-state index in [1.54, 1.807) is 0 Å². The van der Waals surface area contributed by atoms with Crippen LogP contribution >= 0.6 is 0 Å². The van der Waals surface area contributed by atoms with Crippen LogP contribution in [0.2, 0.25) is 0 Å². The lowest BCUT2D eigenvalue weighted by Gasteiger charge is -2.34. The van der Waals surface area contributed by atoms with Crippen LogP contribution in [0.5, 0.6) is 0 Å². The van der Waals surface area contributed by atoms with E-state index in [0.29, 0.717) is 25.9 Å². The molecule has 4 nitrogen and oxygen atoms in total. The standard InChI is InChI=1S/C20H25F3N2O2/c21-20(22,23)16-7-4-8-17(13-16)24-18(26)14-9-11-25(12-10-14)19(27)15-5-2-1-3-6-15/h4,7-8,13-15H,1-3,5-6,9-12H2,(H,24,26). The summed E-state index contributed by atoms with van der Waals surface area (Å²) in [7, 11) is 0. The number of piperidine rings is 1. The normalized spacial score (nSPS) is 19.7. The fraction of sp³-hybridized carbons (Fsp3) is 0.600. The molecule has 0 atom stereocenters. The van der Waals surface area contributed by atoms with Crippen LogP contribution in [0.4, 0.5) is 18.9 Å². The molecular weight excluding hydrogens is 357 g/mol. The van der Waals surface area contributed by atoms with Gasteiger partial charge < -0.3 is 10.2 Å². The number of hydrogen-bond donors (Lipinski definition) is 1. The highest BCUT2D eigenvalue weighted by molar-refractivity contribution is 5.92. The molecule has 0 bridgehead atoms. The van der Waals surface area contributed by atoms with Crippen LogP contribution < -0.4 is 5.32 Å². The summed E-state index contributed by atoms with van der Waals surface area (Å²) in [6.07, 6.45) is 1.96. The average molecular weight is 382 g/mol. The van der Waals surface area contributed by atoms with Crippen LogP contribution in [0, 0.1) is 11.8 Å². The molecule has 27 heavy (non-hydrogen) atoms. The third kappa shape index (κ3) is 5.02. The van der Waals surface area contributed by atoms with Gasteiger partial charge in [0.2, 0.25) is 11.8 Å². The molecule has 2 aliphatic rings. The minimum atomic E-state index is -4.44. The van der Waals surface area contributed by atoms with Gasteiger partial charge in [0, 0.05) is 30.6 Å². The number of carbonyl (C=O) groups is 2. The number of nitrogens with one attached hydrogen (secondary N) is 1. The first-order valence-corrected chi connectivity index (χ1v) is 9.61. The van der Waals surface area contributed by atoms with Crippen molar-refractivity contribution in [2.75, 3.05) is 18.4 Å². The zero-order valence-electron chi connectivity index (χ0n) is 15.2. The Morgan fingerprint density at radius 2 is 1.63 bits per heavy atom. The largest absolute Gasteiger partial charge is 0.416 e. The second-order valence-corrected chi connectivity index (χ2v) is 7.50. The lowest BCUT2D eigenvalue weighted by atomic mass is 9.87. The van der Waals surface area contributed by atoms with Gasteiger partial charge in [-0.05, 0) is 43.9 Å². The summed E-state index contributed by atoms with van der Waals surface area (Å²) >= 11 is 0. The molecule has 1 aliphatic heterocycles. The van der Waals surface area contributed by atoms with Gasteiger partial charge in [-0.2, -0.15) is 13.2 Å². The summed E-state index contributed by atoms with van der Waals surface area (Å²) in [6, 6.07) is 4.66.